The van der Waals surface area contributed by atoms with Gasteiger partial charge in [-0.3, -0.25) is 0 Å². The predicted molar refractivity (Wildman–Crippen MR) is 36.6 cm³/mol. The first-order valence-electron chi connectivity index (χ1n) is 2.91. The molecule has 1 saturated heterocycles. The van der Waals surface area contributed by atoms with Crippen molar-refractivity contribution in [3.63, 3.8) is 0 Å². The van der Waals surface area contributed by atoms with Crippen molar-refractivity contribution in [2.45, 2.75) is 30.7 Å². The van der Waals surface area contributed by atoms with Gasteiger partial charge in [0.25, 0.3) is 0 Å². The summed E-state index contributed by atoms with van der Waals surface area (Å²) in [7, 11) is 1.53. The maximum Gasteiger partial charge on any atom is 0.0439 e. The van der Waals surface area contributed by atoms with Gasteiger partial charge < -0.3 is 0 Å². The number of rotatable bonds is 0. The van der Waals surface area contributed by atoms with Crippen LogP contribution in [-0.4, -0.2) is 18.3 Å². The summed E-state index contributed by atoms with van der Waals surface area (Å²) in [5.41, 5.74) is 0. The Morgan fingerprint density at radius 2 is 1.86 bits per heavy atom. The first-order chi connectivity index (χ1) is 3.39. The molecule has 0 nitrogen and oxygen atoms in total. The van der Waals surface area contributed by atoms with E-state index in [2.05, 4.69) is 6.55 Å². The van der Waals surface area contributed by atoms with E-state index in [0.29, 0.717) is 0 Å². The van der Waals surface area contributed by atoms with Crippen molar-refractivity contribution in [1.29, 1.82) is 0 Å². The molecule has 2 heteroatoms. The van der Waals surface area contributed by atoms with Crippen molar-refractivity contribution < 1.29 is 0 Å². The highest BCUT2D eigenvalue weighted by Gasteiger charge is 2.08. The van der Waals surface area contributed by atoms with E-state index < -0.39 is 0 Å². The minimum atomic E-state index is 0.214. The molecular formula is C5H11Si2. The second kappa shape index (κ2) is 2.67. The third-order valence-corrected chi connectivity index (χ3v) is 5.87. The molecule has 3 radical (unpaired) electrons. The zero-order valence-electron chi connectivity index (χ0n) is 4.83. The molecule has 0 atom stereocenters. The second-order valence-corrected chi connectivity index (χ2v) is 6.62. The minimum Gasteiger partial charge on any atom is -0.0711 e. The summed E-state index contributed by atoms with van der Waals surface area (Å²) >= 11 is 0. The van der Waals surface area contributed by atoms with E-state index in [1.54, 1.807) is 24.2 Å². The zero-order valence-corrected chi connectivity index (χ0v) is 6.83. The molecule has 0 aromatic carbocycles. The van der Waals surface area contributed by atoms with Gasteiger partial charge in [-0.25, -0.2) is 0 Å². The number of hydrogen-bond donors (Lipinski definition) is 0. The molecule has 0 aromatic heterocycles. The Balaban J connectivity index is 2.12. The molecule has 0 N–H and O–H groups in total. The van der Waals surface area contributed by atoms with E-state index in [-0.39, 0.29) is 8.80 Å². The van der Waals surface area contributed by atoms with Crippen LogP contribution < -0.4 is 0 Å². The third-order valence-electron chi connectivity index (χ3n) is 1.46. The summed E-state index contributed by atoms with van der Waals surface area (Å²) in [5.74, 6) is 0. The number of hydrogen-bond acceptors (Lipinski definition) is 0. The molecule has 0 saturated carbocycles. The van der Waals surface area contributed by atoms with Crippen LogP contribution in [0.2, 0.25) is 30.7 Å². The van der Waals surface area contributed by atoms with Gasteiger partial charge in [0.05, 0.1) is 0 Å². The van der Waals surface area contributed by atoms with Crippen LogP contribution >= 0.6 is 0 Å². The van der Waals surface area contributed by atoms with Crippen molar-refractivity contribution in [3.05, 3.63) is 0 Å². The van der Waals surface area contributed by atoms with Crippen LogP contribution in [0.5, 0.6) is 0 Å². The summed E-state index contributed by atoms with van der Waals surface area (Å²) in [4.78, 5) is 0. The first-order valence-corrected chi connectivity index (χ1v) is 6.74. The Labute approximate surface area is 49.7 Å². The van der Waals surface area contributed by atoms with Gasteiger partial charge in [0.1, 0.15) is 0 Å². The highest BCUT2D eigenvalue weighted by atomic mass is 28.3. The average molecular weight is 127 g/mol. The van der Waals surface area contributed by atoms with E-state index in [1.165, 1.54) is 9.52 Å². The Hall–Kier alpha value is 0.434. The molecule has 0 aromatic rings. The fourth-order valence-electron chi connectivity index (χ4n) is 0.854. The molecule has 0 spiro atoms. The van der Waals surface area contributed by atoms with E-state index in [4.69, 9.17) is 0 Å². The maximum absolute atomic E-state index is 2.47. The molecule has 0 unspecified atom stereocenters. The summed E-state index contributed by atoms with van der Waals surface area (Å²) in [6.07, 6.45) is 0. The van der Waals surface area contributed by atoms with Crippen LogP contribution in [0.3, 0.4) is 0 Å². The van der Waals surface area contributed by atoms with Crippen LogP contribution in [0.25, 0.3) is 0 Å². The zero-order chi connectivity index (χ0) is 5.11. The topological polar surface area (TPSA) is 0 Å². The van der Waals surface area contributed by atoms with E-state index in [1.807, 2.05) is 0 Å². The molecule has 0 aliphatic carbocycles. The molecule has 1 rings (SSSR count). The lowest BCUT2D eigenvalue weighted by Crippen LogP contribution is -2.13. The van der Waals surface area contributed by atoms with Crippen LogP contribution in [0.1, 0.15) is 0 Å². The average Bonchev–Trinajstić information content (AvgIpc) is 1.69. The summed E-state index contributed by atoms with van der Waals surface area (Å²) in [6, 6.07) is 6.32. The first kappa shape index (κ1) is 5.57. The van der Waals surface area contributed by atoms with Gasteiger partial charge in [0.2, 0.25) is 0 Å². The lowest BCUT2D eigenvalue weighted by Gasteiger charge is -2.13. The van der Waals surface area contributed by atoms with Gasteiger partial charge in [-0.1, -0.05) is 30.7 Å². The second-order valence-electron chi connectivity index (χ2n) is 2.21. The highest BCUT2D eigenvalue weighted by molar-refractivity contribution is 6.62. The normalized spacial score (nSPS) is 25.3. The molecule has 1 aliphatic heterocycles. The lowest BCUT2D eigenvalue weighted by molar-refractivity contribution is 1.21. The molecule has 7 heavy (non-hydrogen) atoms. The highest BCUT2D eigenvalue weighted by Crippen LogP contribution is 2.13. The van der Waals surface area contributed by atoms with Gasteiger partial charge in [-0.05, 0) is 0 Å². The van der Waals surface area contributed by atoms with Gasteiger partial charge >= 0.3 is 0 Å². The monoisotopic (exact) mass is 127 g/mol. The smallest absolute Gasteiger partial charge is 0.0439 e. The van der Waals surface area contributed by atoms with Gasteiger partial charge in [0, 0.05) is 18.3 Å². The van der Waals surface area contributed by atoms with E-state index >= 15 is 0 Å². The van der Waals surface area contributed by atoms with Crippen LogP contribution in [-0.2, 0) is 0 Å². The van der Waals surface area contributed by atoms with Crippen molar-refractivity contribution in [2.24, 2.45) is 0 Å². The molecular weight excluding hydrogens is 116 g/mol. The summed E-state index contributed by atoms with van der Waals surface area (Å²) in [6.45, 7) is 2.47. The lowest BCUT2D eigenvalue weighted by atomic mass is 10.9. The van der Waals surface area contributed by atoms with Gasteiger partial charge in [-0.15, -0.1) is 0 Å². The van der Waals surface area contributed by atoms with E-state index in [0.717, 1.165) is 0 Å². The molecule has 0 amide bonds. The SMILES string of the molecule is C[Si]1CC[Si]CC1. The summed E-state index contributed by atoms with van der Waals surface area (Å²) in [5, 5.41) is 0. The Kier molecular flexibility index (Phi) is 2.12. The standard InChI is InChI=1S/C5H11Si2/c1-7-4-2-6-3-5-7/h2-5H2,1H3. The van der Waals surface area contributed by atoms with Crippen molar-refractivity contribution in [1.82, 2.24) is 0 Å². The molecule has 1 aliphatic rings. The van der Waals surface area contributed by atoms with Crippen molar-refractivity contribution in [3.8, 4) is 0 Å². The maximum atomic E-state index is 2.47. The molecule has 0 bridgehead atoms. The van der Waals surface area contributed by atoms with Crippen molar-refractivity contribution >= 4 is 18.3 Å². The van der Waals surface area contributed by atoms with E-state index in [9.17, 15) is 0 Å². The summed E-state index contributed by atoms with van der Waals surface area (Å²) < 4.78 is 0. The Morgan fingerprint density at radius 3 is 2.14 bits per heavy atom. The molecule has 1 fully saturated rings. The fraction of sp³-hybridized carbons (Fsp3) is 1.00. The predicted octanol–water partition coefficient (Wildman–Crippen LogP) is 1.67. The van der Waals surface area contributed by atoms with Crippen molar-refractivity contribution in [2.75, 3.05) is 0 Å². The Bertz CT molecular complexity index is 48.0. The largest absolute Gasteiger partial charge is 0.0711 e. The Morgan fingerprint density at radius 1 is 1.29 bits per heavy atom. The quantitative estimate of drug-likeness (QED) is 0.434. The molecule has 39 valence electrons. The van der Waals surface area contributed by atoms with Crippen LogP contribution in [0.15, 0.2) is 0 Å². The van der Waals surface area contributed by atoms with Gasteiger partial charge in [0.15, 0.2) is 0 Å². The minimum absolute atomic E-state index is 0.214. The fourth-order valence-corrected chi connectivity index (χ4v) is 6.18. The van der Waals surface area contributed by atoms with Gasteiger partial charge in [-0.2, -0.15) is 0 Å². The third kappa shape index (κ3) is 1.78. The molecule has 1 heterocycles. The van der Waals surface area contributed by atoms with Crippen LogP contribution in [0, 0.1) is 0 Å². The van der Waals surface area contributed by atoms with Crippen LogP contribution in [0.4, 0.5) is 0 Å².